The SMILES string of the molecule is CC(C)C[C@H]1C(=O)NCCN1C(=O)[C@H](Cc1ccccc1)NC(=O)CNC(=O)[C@@H](C)NC(=O)[C@@H](N)Cc1ccc(O)cc1. The fraction of sp³-hybridized carbons (Fsp3) is 0.452. The van der Waals surface area contributed by atoms with E-state index in [2.05, 4.69) is 21.3 Å². The van der Waals surface area contributed by atoms with Crippen LogP contribution in [0.2, 0.25) is 0 Å². The monoisotopic (exact) mass is 594 g/mol. The summed E-state index contributed by atoms with van der Waals surface area (Å²) >= 11 is 0. The molecule has 0 aliphatic carbocycles. The van der Waals surface area contributed by atoms with Crippen molar-refractivity contribution in [1.29, 1.82) is 0 Å². The summed E-state index contributed by atoms with van der Waals surface area (Å²) in [5.74, 6) is -2.05. The fourth-order valence-corrected chi connectivity index (χ4v) is 4.84. The third kappa shape index (κ3) is 10.1. The first kappa shape index (κ1) is 33.1. The van der Waals surface area contributed by atoms with E-state index in [0.717, 1.165) is 11.1 Å². The first-order chi connectivity index (χ1) is 20.4. The van der Waals surface area contributed by atoms with E-state index >= 15 is 0 Å². The fourth-order valence-electron chi connectivity index (χ4n) is 4.84. The third-order valence-corrected chi connectivity index (χ3v) is 7.13. The predicted octanol–water partition coefficient (Wildman–Crippen LogP) is -0.0165. The van der Waals surface area contributed by atoms with Crippen LogP contribution in [-0.4, -0.2) is 83.3 Å². The van der Waals surface area contributed by atoms with Gasteiger partial charge in [-0.15, -0.1) is 0 Å². The third-order valence-electron chi connectivity index (χ3n) is 7.13. The maximum absolute atomic E-state index is 13.7. The van der Waals surface area contributed by atoms with Crippen LogP contribution in [0, 0.1) is 5.92 Å². The highest BCUT2D eigenvalue weighted by Crippen LogP contribution is 2.17. The van der Waals surface area contributed by atoms with Gasteiger partial charge in [-0.05, 0) is 48.9 Å². The van der Waals surface area contributed by atoms with Gasteiger partial charge in [-0.1, -0.05) is 56.3 Å². The minimum Gasteiger partial charge on any atom is -0.508 e. The second-order valence-corrected chi connectivity index (χ2v) is 11.2. The Bertz CT molecular complexity index is 1270. The maximum atomic E-state index is 13.7. The van der Waals surface area contributed by atoms with Crippen molar-refractivity contribution < 1.29 is 29.1 Å². The average molecular weight is 595 g/mol. The van der Waals surface area contributed by atoms with Crippen LogP contribution in [0.25, 0.3) is 0 Å². The van der Waals surface area contributed by atoms with Crippen LogP contribution in [0.4, 0.5) is 0 Å². The van der Waals surface area contributed by atoms with Gasteiger partial charge in [-0.25, -0.2) is 0 Å². The smallest absolute Gasteiger partial charge is 0.246 e. The molecule has 0 spiro atoms. The summed E-state index contributed by atoms with van der Waals surface area (Å²) in [6.45, 7) is 5.64. The Morgan fingerprint density at radius 2 is 1.60 bits per heavy atom. The van der Waals surface area contributed by atoms with Gasteiger partial charge >= 0.3 is 0 Å². The Balaban J connectivity index is 1.59. The topological polar surface area (TPSA) is 183 Å². The number of aromatic hydroxyl groups is 1. The molecule has 0 bridgehead atoms. The van der Waals surface area contributed by atoms with Crippen molar-refractivity contribution in [2.45, 2.75) is 64.2 Å². The summed E-state index contributed by atoms with van der Waals surface area (Å²) in [5, 5.41) is 20.0. The molecule has 0 unspecified atom stereocenters. The van der Waals surface area contributed by atoms with Gasteiger partial charge in [-0.3, -0.25) is 24.0 Å². The molecule has 3 rings (SSSR count). The lowest BCUT2D eigenvalue weighted by Gasteiger charge is -2.38. The number of phenolic OH excluding ortho intramolecular Hbond substituents is 1. The Morgan fingerprint density at radius 1 is 0.953 bits per heavy atom. The van der Waals surface area contributed by atoms with Gasteiger partial charge in [0.15, 0.2) is 0 Å². The van der Waals surface area contributed by atoms with Crippen LogP contribution in [0.1, 0.15) is 38.3 Å². The van der Waals surface area contributed by atoms with E-state index in [-0.39, 0.29) is 36.3 Å². The van der Waals surface area contributed by atoms with E-state index in [9.17, 15) is 29.1 Å². The molecule has 0 radical (unpaired) electrons. The van der Waals surface area contributed by atoms with Gasteiger partial charge in [0.25, 0.3) is 0 Å². The van der Waals surface area contributed by atoms with Gasteiger partial charge in [0, 0.05) is 19.5 Å². The number of rotatable bonds is 13. The summed E-state index contributed by atoms with van der Waals surface area (Å²) in [7, 11) is 0. The van der Waals surface area contributed by atoms with Crippen molar-refractivity contribution in [2.75, 3.05) is 19.6 Å². The molecule has 1 aliphatic heterocycles. The molecule has 4 atom stereocenters. The molecule has 5 amide bonds. The molecule has 12 nitrogen and oxygen atoms in total. The molecule has 12 heteroatoms. The molecule has 2 aromatic rings. The van der Waals surface area contributed by atoms with Gasteiger partial charge < -0.3 is 37.0 Å². The number of phenols is 1. The summed E-state index contributed by atoms with van der Waals surface area (Å²) in [6.07, 6.45) is 0.898. The number of piperazine rings is 1. The molecular formula is C31H42N6O6. The zero-order chi connectivity index (χ0) is 31.5. The van der Waals surface area contributed by atoms with Crippen molar-refractivity contribution in [3.8, 4) is 5.75 Å². The standard InChI is InChI=1S/C31H42N6O6/c1-19(2)15-26-30(42)33-13-14-37(26)31(43)25(17-21-7-5-4-6-8-21)36-27(39)18-34-28(40)20(3)35-29(41)24(32)16-22-9-11-23(38)12-10-22/h4-12,19-20,24-26,38H,13-18,32H2,1-3H3,(H,33,42)(H,34,40)(H,35,41)(H,36,39)/t20-,24+,25+,26+/m1/s1. The number of benzene rings is 2. The normalized spacial score (nSPS) is 16.9. The number of hydrogen-bond donors (Lipinski definition) is 6. The number of amides is 5. The van der Waals surface area contributed by atoms with Gasteiger partial charge in [-0.2, -0.15) is 0 Å². The molecule has 0 saturated carbocycles. The van der Waals surface area contributed by atoms with E-state index < -0.39 is 48.4 Å². The van der Waals surface area contributed by atoms with Crippen molar-refractivity contribution in [3.05, 3.63) is 65.7 Å². The summed E-state index contributed by atoms with van der Waals surface area (Å²) in [5.41, 5.74) is 7.55. The molecule has 1 heterocycles. The zero-order valence-electron chi connectivity index (χ0n) is 24.8. The van der Waals surface area contributed by atoms with Gasteiger partial charge in [0.2, 0.25) is 29.5 Å². The molecule has 232 valence electrons. The number of nitrogens with two attached hydrogens (primary N) is 1. The van der Waals surface area contributed by atoms with Crippen LogP contribution < -0.4 is 27.0 Å². The lowest BCUT2D eigenvalue weighted by atomic mass is 9.97. The first-order valence-corrected chi connectivity index (χ1v) is 14.5. The van der Waals surface area contributed by atoms with Gasteiger partial charge in [0.05, 0.1) is 12.6 Å². The molecule has 1 fully saturated rings. The van der Waals surface area contributed by atoms with E-state index in [0.29, 0.717) is 19.5 Å². The molecule has 43 heavy (non-hydrogen) atoms. The minimum absolute atomic E-state index is 0.0982. The van der Waals surface area contributed by atoms with Crippen LogP contribution in [-0.2, 0) is 36.8 Å². The quantitative estimate of drug-likeness (QED) is 0.188. The summed E-state index contributed by atoms with van der Waals surface area (Å²) in [6, 6.07) is 12.0. The molecule has 1 saturated heterocycles. The number of carbonyl (C=O) groups excluding carboxylic acids is 5. The Kier molecular flexibility index (Phi) is 12.1. The van der Waals surface area contributed by atoms with Crippen molar-refractivity contribution >= 4 is 29.5 Å². The average Bonchev–Trinajstić information content (AvgIpc) is 2.97. The minimum atomic E-state index is -0.975. The lowest BCUT2D eigenvalue weighted by molar-refractivity contribution is -0.146. The van der Waals surface area contributed by atoms with Crippen LogP contribution >= 0.6 is 0 Å². The second-order valence-electron chi connectivity index (χ2n) is 11.2. The van der Waals surface area contributed by atoms with E-state index in [1.165, 1.54) is 24.0 Å². The number of nitrogens with zero attached hydrogens (tertiary/aromatic N) is 1. The van der Waals surface area contributed by atoms with Gasteiger partial charge in [0.1, 0.15) is 23.9 Å². The van der Waals surface area contributed by atoms with Crippen LogP contribution in [0.15, 0.2) is 54.6 Å². The Morgan fingerprint density at radius 3 is 2.26 bits per heavy atom. The second kappa shape index (κ2) is 15.7. The van der Waals surface area contributed by atoms with Crippen molar-refractivity contribution in [2.24, 2.45) is 11.7 Å². The summed E-state index contributed by atoms with van der Waals surface area (Å²) in [4.78, 5) is 66.0. The van der Waals surface area contributed by atoms with E-state index in [1.807, 2.05) is 44.2 Å². The largest absolute Gasteiger partial charge is 0.508 e. The molecule has 1 aliphatic rings. The Hall–Kier alpha value is -4.45. The van der Waals surface area contributed by atoms with Crippen molar-refractivity contribution in [3.63, 3.8) is 0 Å². The van der Waals surface area contributed by atoms with Crippen molar-refractivity contribution in [1.82, 2.24) is 26.2 Å². The Labute approximate surface area is 251 Å². The highest BCUT2D eigenvalue weighted by atomic mass is 16.3. The lowest BCUT2D eigenvalue weighted by Crippen LogP contribution is -2.62. The molecular weight excluding hydrogens is 552 g/mol. The molecule has 2 aromatic carbocycles. The zero-order valence-corrected chi connectivity index (χ0v) is 24.8. The van der Waals surface area contributed by atoms with Crippen LogP contribution in [0.5, 0.6) is 5.75 Å². The number of hydrogen-bond acceptors (Lipinski definition) is 7. The number of carbonyl (C=O) groups is 5. The van der Waals surface area contributed by atoms with E-state index in [1.54, 1.807) is 12.1 Å². The maximum Gasteiger partial charge on any atom is 0.246 e. The van der Waals surface area contributed by atoms with E-state index in [4.69, 9.17) is 5.73 Å². The predicted molar refractivity (Wildman–Crippen MR) is 160 cm³/mol. The highest BCUT2D eigenvalue weighted by molar-refractivity contribution is 5.95. The van der Waals surface area contributed by atoms with Crippen LogP contribution in [0.3, 0.4) is 0 Å². The number of nitrogens with one attached hydrogen (secondary N) is 4. The molecule has 0 aromatic heterocycles. The highest BCUT2D eigenvalue weighted by Gasteiger charge is 2.37. The molecule has 7 N–H and O–H groups in total. The first-order valence-electron chi connectivity index (χ1n) is 14.5. The summed E-state index contributed by atoms with van der Waals surface area (Å²) < 4.78 is 0.